The van der Waals surface area contributed by atoms with Crippen LogP contribution in [0.5, 0.6) is 11.5 Å². The highest BCUT2D eigenvalue weighted by Gasteiger charge is 2.38. The molecule has 2 aromatic carbocycles. The second-order valence-electron chi connectivity index (χ2n) is 8.43. The van der Waals surface area contributed by atoms with Crippen LogP contribution in [0.2, 0.25) is 0 Å². The van der Waals surface area contributed by atoms with Crippen LogP contribution in [-0.2, 0) is 16.4 Å². The maximum Gasteiger partial charge on any atom is 0.240 e. The summed E-state index contributed by atoms with van der Waals surface area (Å²) in [5.41, 5.74) is 3.29. The monoisotopic (exact) mass is 446 g/mol. The largest absolute Gasteiger partial charge is 0.493 e. The zero-order valence-corrected chi connectivity index (χ0v) is 20.1. The van der Waals surface area contributed by atoms with Gasteiger partial charge in [0.2, 0.25) is 10.0 Å². The molecule has 0 saturated carbocycles. The molecule has 1 aliphatic rings. The lowest BCUT2D eigenvalue weighted by Crippen LogP contribution is -2.51. The van der Waals surface area contributed by atoms with Gasteiger partial charge in [0.15, 0.2) is 11.5 Å². The van der Waals surface area contributed by atoms with E-state index >= 15 is 0 Å². The van der Waals surface area contributed by atoms with E-state index in [1.165, 1.54) is 5.56 Å². The molecule has 2 aromatic rings. The first-order chi connectivity index (χ1) is 14.7. The number of ether oxygens (including phenoxy) is 2. The third-order valence-electron chi connectivity index (χ3n) is 6.11. The van der Waals surface area contributed by atoms with Gasteiger partial charge in [-0.25, -0.2) is 13.1 Å². The number of nitrogens with zero attached hydrogens (tertiary/aromatic N) is 1. The van der Waals surface area contributed by atoms with Crippen LogP contribution in [0.15, 0.2) is 41.3 Å². The topological polar surface area (TPSA) is 67.9 Å². The molecule has 1 N–H and O–H groups in total. The van der Waals surface area contributed by atoms with Crippen molar-refractivity contribution in [2.45, 2.75) is 51.1 Å². The van der Waals surface area contributed by atoms with Crippen LogP contribution >= 0.6 is 0 Å². The number of likely N-dealkylation sites (N-methyl/N-ethyl adjacent to an activating group) is 1. The number of fused-ring (bicyclic) bond motifs is 1. The molecule has 1 aliphatic heterocycles. The van der Waals surface area contributed by atoms with E-state index in [4.69, 9.17) is 9.47 Å². The summed E-state index contributed by atoms with van der Waals surface area (Å²) in [6.07, 6.45) is 0.884. The standard InChI is InChI=1S/C24H34N2O4S/c1-7-26-13-12-18-14-21(29-5)22(30-6)15-20(18)24(26)23(16(2)3)25-31(27,28)19-10-8-17(4)9-11-19/h8-11,14-16,23-25H,7,12-13H2,1-6H3. The van der Waals surface area contributed by atoms with Gasteiger partial charge in [-0.15, -0.1) is 0 Å². The van der Waals surface area contributed by atoms with Crippen LogP contribution in [0.4, 0.5) is 0 Å². The molecule has 0 fully saturated rings. The van der Waals surface area contributed by atoms with Gasteiger partial charge in [-0.05, 0) is 61.2 Å². The van der Waals surface area contributed by atoms with Gasteiger partial charge < -0.3 is 9.47 Å². The van der Waals surface area contributed by atoms with Crippen molar-refractivity contribution in [2.24, 2.45) is 5.92 Å². The average Bonchev–Trinajstić information content (AvgIpc) is 2.75. The zero-order chi connectivity index (χ0) is 22.8. The molecular weight excluding hydrogens is 412 g/mol. The number of rotatable bonds is 8. The van der Waals surface area contributed by atoms with Crippen molar-refractivity contribution in [1.82, 2.24) is 9.62 Å². The van der Waals surface area contributed by atoms with Crippen LogP contribution in [0.1, 0.15) is 43.5 Å². The summed E-state index contributed by atoms with van der Waals surface area (Å²) in [5.74, 6) is 1.44. The van der Waals surface area contributed by atoms with Gasteiger partial charge in [-0.3, -0.25) is 4.90 Å². The van der Waals surface area contributed by atoms with Crippen LogP contribution in [0.25, 0.3) is 0 Å². The normalized spacial score (nSPS) is 18.0. The maximum atomic E-state index is 13.3. The van der Waals surface area contributed by atoms with Gasteiger partial charge in [-0.1, -0.05) is 38.5 Å². The average molecular weight is 447 g/mol. The molecule has 2 unspecified atom stereocenters. The van der Waals surface area contributed by atoms with Crippen LogP contribution < -0.4 is 14.2 Å². The van der Waals surface area contributed by atoms with Crippen molar-refractivity contribution in [3.8, 4) is 11.5 Å². The summed E-state index contributed by atoms with van der Waals surface area (Å²) >= 11 is 0. The first kappa shape index (κ1) is 23.6. The van der Waals surface area contributed by atoms with E-state index in [9.17, 15) is 8.42 Å². The third-order valence-corrected chi connectivity index (χ3v) is 7.59. The molecule has 0 aromatic heterocycles. The van der Waals surface area contributed by atoms with Gasteiger partial charge in [0.1, 0.15) is 0 Å². The summed E-state index contributed by atoms with van der Waals surface area (Å²) in [4.78, 5) is 2.63. The number of benzene rings is 2. The Morgan fingerprint density at radius 1 is 1.10 bits per heavy atom. The lowest BCUT2D eigenvalue weighted by molar-refractivity contribution is 0.141. The molecule has 0 aliphatic carbocycles. The number of aryl methyl sites for hydroxylation is 1. The Bertz CT molecular complexity index is 1000. The number of sulfonamides is 1. The highest BCUT2D eigenvalue weighted by Crippen LogP contribution is 2.41. The first-order valence-corrected chi connectivity index (χ1v) is 12.3. The molecule has 0 radical (unpaired) electrons. The quantitative estimate of drug-likeness (QED) is 0.665. The van der Waals surface area contributed by atoms with Crippen molar-refractivity contribution in [2.75, 3.05) is 27.3 Å². The molecule has 2 atom stereocenters. The van der Waals surface area contributed by atoms with E-state index in [-0.39, 0.29) is 22.9 Å². The van der Waals surface area contributed by atoms with Crippen molar-refractivity contribution in [1.29, 1.82) is 0 Å². The minimum absolute atomic E-state index is 0.0818. The number of methoxy groups -OCH3 is 2. The van der Waals surface area contributed by atoms with Crippen molar-refractivity contribution >= 4 is 10.0 Å². The van der Waals surface area contributed by atoms with Crippen LogP contribution in [0, 0.1) is 12.8 Å². The second kappa shape index (κ2) is 9.59. The number of nitrogens with one attached hydrogen (secondary N) is 1. The van der Waals surface area contributed by atoms with E-state index in [1.54, 1.807) is 26.4 Å². The molecule has 0 amide bonds. The molecule has 0 saturated heterocycles. The lowest BCUT2D eigenvalue weighted by atomic mass is 9.84. The highest BCUT2D eigenvalue weighted by atomic mass is 32.2. The summed E-state index contributed by atoms with van der Waals surface area (Å²) in [6, 6.07) is 10.6. The Hall–Kier alpha value is -2.09. The predicted octanol–water partition coefficient (Wildman–Crippen LogP) is 3.93. The van der Waals surface area contributed by atoms with Gasteiger partial charge in [0.05, 0.1) is 25.2 Å². The van der Waals surface area contributed by atoms with E-state index in [1.807, 2.05) is 31.2 Å². The third kappa shape index (κ3) is 4.89. The van der Waals surface area contributed by atoms with E-state index in [2.05, 4.69) is 30.4 Å². The minimum Gasteiger partial charge on any atom is -0.493 e. The molecule has 31 heavy (non-hydrogen) atoms. The molecular formula is C24H34N2O4S. The maximum absolute atomic E-state index is 13.3. The summed E-state index contributed by atoms with van der Waals surface area (Å²) in [7, 11) is -0.407. The smallest absolute Gasteiger partial charge is 0.240 e. The Kier molecular flexibility index (Phi) is 7.29. The molecule has 0 spiro atoms. The van der Waals surface area contributed by atoms with Crippen molar-refractivity contribution in [3.05, 3.63) is 53.1 Å². The van der Waals surface area contributed by atoms with Crippen molar-refractivity contribution in [3.63, 3.8) is 0 Å². The van der Waals surface area contributed by atoms with Gasteiger partial charge >= 0.3 is 0 Å². The molecule has 3 rings (SSSR count). The van der Waals surface area contributed by atoms with E-state index in [0.717, 1.165) is 30.6 Å². The Morgan fingerprint density at radius 3 is 2.26 bits per heavy atom. The summed E-state index contributed by atoms with van der Waals surface area (Å²) < 4.78 is 40.6. The molecule has 0 bridgehead atoms. The van der Waals surface area contributed by atoms with Gasteiger partial charge in [0.25, 0.3) is 0 Å². The van der Waals surface area contributed by atoms with E-state index < -0.39 is 10.0 Å². The number of hydrogen-bond donors (Lipinski definition) is 1. The SMILES string of the molecule is CCN1CCc2cc(OC)c(OC)cc2C1C(NS(=O)(=O)c1ccc(C)cc1)C(C)C. The van der Waals surface area contributed by atoms with E-state index in [0.29, 0.717) is 11.5 Å². The summed E-state index contributed by atoms with van der Waals surface area (Å²) in [5, 5.41) is 0. The van der Waals surface area contributed by atoms with Gasteiger partial charge in [0, 0.05) is 12.6 Å². The fraction of sp³-hybridized carbons (Fsp3) is 0.500. The molecule has 6 nitrogen and oxygen atoms in total. The lowest BCUT2D eigenvalue weighted by Gasteiger charge is -2.43. The number of hydrogen-bond acceptors (Lipinski definition) is 5. The van der Waals surface area contributed by atoms with Crippen LogP contribution in [-0.4, -0.2) is 46.7 Å². The fourth-order valence-corrected chi connectivity index (χ4v) is 5.72. The Morgan fingerprint density at radius 2 is 1.71 bits per heavy atom. The molecule has 1 heterocycles. The Balaban J connectivity index is 2.06. The summed E-state index contributed by atoms with van der Waals surface area (Å²) in [6.45, 7) is 9.87. The zero-order valence-electron chi connectivity index (χ0n) is 19.3. The Labute approximate surface area is 186 Å². The first-order valence-electron chi connectivity index (χ1n) is 10.8. The van der Waals surface area contributed by atoms with Gasteiger partial charge in [-0.2, -0.15) is 0 Å². The molecule has 7 heteroatoms. The second-order valence-corrected chi connectivity index (χ2v) is 10.1. The predicted molar refractivity (Wildman–Crippen MR) is 123 cm³/mol. The fourth-order valence-electron chi connectivity index (χ4n) is 4.33. The van der Waals surface area contributed by atoms with Crippen LogP contribution in [0.3, 0.4) is 0 Å². The van der Waals surface area contributed by atoms with Crippen molar-refractivity contribution < 1.29 is 17.9 Å². The minimum atomic E-state index is -3.67. The highest BCUT2D eigenvalue weighted by molar-refractivity contribution is 7.89. The molecule has 170 valence electrons.